The Balaban J connectivity index is 1.84. The molecule has 168 valence electrons. The number of hydrogen-bond acceptors (Lipinski definition) is 3. The van der Waals surface area contributed by atoms with Gasteiger partial charge in [-0.1, -0.05) is 32.4 Å². The van der Waals surface area contributed by atoms with Gasteiger partial charge in [0.05, 0.1) is 22.8 Å². The second-order valence-electron chi connectivity index (χ2n) is 8.90. The van der Waals surface area contributed by atoms with Crippen LogP contribution in [0.4, 0.5) is 18.9 Å². The molecule has 30 heavy (non-hydrogen) atoms. The van der Waals surface area contributed by atoms with Crippen molar-refractivity contribution >= 4 is 29.1 Å². The number of nitrogens with one attached hydrogen (secondary N) is 1. The fraction of sp³-hybridized carbons (Fsp3) is 0.619. The first-order valence-corrected chi connectivity index (χ1v) is 10.3. The standard InChI is InChI=1S/C21H29ClF3N3O2/c1-20(2,3)19(30)27(4)12-14-7-9-28(10-8-14)13-18(29)26-17-11-15(21(23,24)25)5-6-16(17)22/h5-6,11,14H,7-10,12-13H2,1-4H3,(H,26,29). The minimum absolute atomic E-state index is 0.0475. The number of anilines is 1. The number of rotatable bonds is 5. The zero-order chi connectivity index (χ0) is 22.7. The van der Waals surface area contributed by atoms with Crippen molar-refractivity contribution in [2.45, 2.75) is 39.8 Å². The van der Waals surface area contributed by atoms with Crippen LogP contribution in [-0.4, -0.2) is 54.8 Å². The number of piperidine rings is 1. The van der Waals surface area contributed by atoms with Crippen molar-refractivity contribution in [1.29, 1.82) is 0 Å². The maximum absolute atomic E-state index is 12.9. The quantitative estimate of drug-likeness (QED) is 0.722. The summed E-state index contributed by atoms with van der Waals surface area (Å²) in [4.78, 5) is 28.3. The van der Waals surface area contributed by atoms with E-state index in [9.17, 15) is 22.8 Å². The third-order valence-electron chi connectivity index (χ3n) is 5.16. The summed E-state index contributed by atoms with van der Waals surface area (Å²) < 4.78 is 38.6. The van der Waals surface area contributed by atoms with Crippen molar-refractivity contribution in [1.82, 2.24) is 9.80 Å². The van der Waals surface area contributed by atoms with E-state index in [1.807, 2.05) is 32.7 Å². The van der Waals surface area contributed by atoms with Crippen molar-refractivity contribution in [2.75, 3.05) is 38.5 Å². The molecule has 1 aromatic carbocycles. The molecule has 0 atom stereocenters. The number of hydrogen-bond donors (Lipinski definition) is 1. The molecule has 0 bridgehead atoms. The Morgan fingerprint density at radius 3 is 2.33 bits per heavy atom. The monoisotopic (exact) mass is 447 g/mol. The van der Waals surface area contributed by atoms with Gasteiger partial charge in [0.15, 0.2) is 0 Å². The van der Waals surface area contributed by atoms with E-state index >= 15 is 0 Å². The van der Waals surface area contributed by atoms with Gasteiger partial charge in [-0.15, -0.1) is 0 Å². The summed E-state index contributed by atoms with van der Waals surface area (Å²) in [5.41, 5.74) is -1.33. The van der Waals surface area contributed by atoms with E-state index in [1.54, 1.807) is 4.90 Å². The third kappa shape index (κ3) is 6.87. The van der Waals surface area contributed by atoms with Gasteiger partial charge < -0.3 is 10.2 Å². The van der Waals surface area contributed by atoms with Gasteiger partial charge in [0, 0.05) is 19.0 Å². The Hall–Kier alpha value is -1.80. The highest BCUT2D eigenvalue weighted by Gasteiger charge is 2.31. The first-order valence-electron chi connectivity index (χ1n) is 9.92. The van der Waals surface area contributed by atoms with Crippen LogP contribution in [-0.2, 0) is 15.8 Å². The van der Waals surface area contributed by atoms with Crippen LogP contribution in [0.15, 0.2) is 18.2 Å². The summed E-state index contributed by atoms with van der Waals surface area (Å²) in [6.07, 6.45) is -2.81. The normalized spacial score (nSPS) is 16.4. The van der Waals surface area contributed by atoms with Crippen molar-refractivity contribution in [2.24, 2.45) is 11.3 Å². The van der Waals surface area contributed by atoms with Crippen LogP contribution in [0.5, 0.6) is 0 Å². The smallest absolute Gasteiger partial charge is 0.345 e. The molecule has 0 spiro atoms. The molecule has 5 nitrogen and oxygen atoms in total. The molecule has 0 radical (unpaired) electrons. The summed E-state index contributed by atoms with van der Waals surface area (Å²) >= 11 is 5.93. The van der Waals surface area contributed by atoms with Crippen LogP contribution < -0.4 is 5.32 Å². The van der Waals surface area contributed by atoms with Crippen LogP contribution in [0.1, 0.15) is 39.2 Å². The Labute approximate surface area is 180 Å². The molecule has 1 aliphatic heterocycles. The minimum Gasteiger partial charge on any atom is -0.345 e. The van der Waals surface area contributed by atoms with E-state index in [2.05, 4.69) is 5.32 Å². The van der Waals surface area contributed by atoms with Gasteiger partial charge in [0.2, 0.25) is 11.8 Å². The van der Waals surface area contributed by atoms with Gasteiger partial charge in [-0.05, 0) is 50.0 Å². The average Bonchev–Trinajstić information content (AvgIpc) is 2.62. The largest absolute Gasteiger partial charge is 0.416 e. The number of carbonyl (C=O) groups excluding carboxylic acids is 2. The molecular formula is C21H29ClF3N3O2. The SMILES string of the molecule is CN(CC1CCN(CC(=O)Nc2cc(C(F)(F)F)ccc2Cl)CC1)C(=O)C(C)(C)C. The fourth-order valence-electron chi connectivity index (χ4n) is 3.56. The number of alkyl halides is 3. The molecule has 9 heteroatoms. The minimum atomic E-state index is -4.51. The van der Waals surface area contributed by atoms with E-state index in [-0.39, 0.29) is 23.2 Å². The lowest BCUT2D eigenvalue weighted by atomic mass is 9.92. The number of benzene rings is 1. The van der Waals surface area contributed by atoms with E-state index in [0.29, 0.717) is 25.6 Å². The van der Waals surface area contributed by atoms with Gasteiger partial charge >= 0.3 is 6.18 Å². The maximum Gasteiger partial charge on any atom is 0.416 e. The molecule has 1 aliphatic rings. The summed E-state index contributed by atoms with van der Waals surface area (Å²) in [5.74, 6) is 0.0514. The van der Waals surface area contributed by atoms with Gasteiger partial charge in [-0.2, -0.15) is 13.2 Å². The first-order chi connectivity index (χ1) is 13.8. The van der Waals surface area contributed by atoms with Gasteiger partial charge in [-0.25, -0.2) is 0 Å². The highest BCUT2D eigenvalue weighted by Crippen LogP contribution is 2.33. The number of amides is 2. The fourth-order valence-corrected chi connectivity index (χ4v) is 3.72. The molecule has 2 rings (SSSR count). The van der Waals surface area contributed by atoms with E-state index in [1.165, 1.54) is 0 Å². The predicted molar refractivity (Wildman–Crippen MR) is 111 cm³/mol. The lowest BCUT2D eigenvalue weighted by Crippen LogP contribution is -2.44. The Morgan fingerprint density at radius 1 is 1.20 bits per heavy atom. The highest BCUT2D eigenvalue weighted by atomic mass is 35.5. The predicted octanol–water partition coefficient (Wildman–Crippen LogP) is 4.51. The maximum atomic E-state index is 12.9. The Kier molecular flexibility index (Phi) is 7.80. The molecule has 0 unspecified atom stereocenters. The van der Waals surface area contributed by atoms with Crippen LogP contribution in [0, 0.1) is 11.3 Å². The van der Waals surface area contributed by atoms with Gasteiger partial charge in [-0.3, -0.25) is 14.5 Å². The number of carbonyl (C=O) groups is 2. The molecule has 1 N–H and O–H groups in total. The molecule has 1 saturated heterocycles. The zero-order valence-corrected chi connectivity index (χ0v) is 18.5. The zero-order valence-electron chi connectivity index (χ0n) is 17.8. The highest BCUT2D eigenvalue weighted by molar-refractivity contribution is 6.33. The average molecular weight is 448 g/mol. The molecule has 1 heterocycles. The number of halogens is 4. The second kappa shape index (κ2) is 9.56. The van der Waals surface area contributed by atoms with Crippen LogP contribution in [0.2, 0.25) is 5.02 Å². The first kappa shape index (κ1) is 24.5. The summed E-state index contributed by atoms with van der Waals surface area (Å²) in [7, 11) is 1.81. The summed E-state index contributed by atoms with van der Waals surface area (Å²) in [5, 5.41) is 2.54. The molecule has 1 fully saturated rings. The van der Waals surface area contributed by atoms with E-state index < -0.39 is 23.1 Å². The van der Waals surface area contributed by atoms with Gasteiger partial charge in [0.25, 0.3) is 0 Å². The number of nitrogens with zero attached hydrogens (tertiary/aromatic N) is 2. The van der Waals surface area contributed by atoms with Crippen LogP contribution >= 0.6 is 11.6 Å². The van der Waals surface area contributed by atoms with Crippen LogP contribution in [0.25, 0.3) is 0 Å². The molecule has 1 aromatic rings. The van der Waals surface area contributed by atoms with Crippen molar-refractivity contribution in [3.63, 3.8) is 0 Å². The van der Waals surface area contributed by atoms with Crippen molar-refractivity contribution in [3.05, 3.63) is 28.8 Å². The lowest BCUT2D eigenvalue weighted by molar-refractivity contribution is -0.139. The Bertz CT molecular complexity index is 770. The molecule has 0 saturated carbocycles. The Morgan fingerprint density at radius 2 is 1.80 bits per heavy atom. The summed E-state index contributed by atoms with van der Waals surface area (Å²) in [6.45, 7) is 7.81. The lowest BCUT2D eigenvalue weighted by Gasteiger charge is -2.35. The van der Waals surface area contributed by atoms with E-state index in [4.69, 9.17) is 11.6 Å². The van der Waals surface area contributed by atoms with Crippen molar-refractivity contribution < 1.29 is 22.8 Å². The topological polar surface area (TPSA) is 52.6 Å². The van der Waals surface area contributed by atoms with E-state index in [0.717, 1.165) is 31.0 Å². The molecule has 0 aromatic heterocycles. The number of likely N-dealkylation sites (tertiary alicyclic amines) is 1. The molecule has 0 aliphatic carbocycles. The van der Waals surface area contributed by atoms with Crippen LogP contribution in [0.3, 0.4) is 0 Å². The second-order valence-corrected chi connectivity index (χ2v) is 9.30. The summed E-state index contributed by atoms with van der Waals surface area (Å²) in [6, 6.07) is 2.85. The third-order valence-corrected chi connectivity index (χ3v) is 5.49. The van der Waals surface area contributed by atoms with Crippen molar-refractivity contribution in [3.8, 4) is 0 Å². The molecule has 2 amide bonds. The van der Waals surface area contributed by atoms with Gasteiger partial charge in [0.1, 0.15) is 0 Å². The molecular weight excluding hydrogens is 419 g/mol.